The van der Waals surface area contributed by atoms with Crippen molar-refractivity contribution in [3.8, 4) is 0 Å². The van der Waals surface area contributed by atoms with Gasteiger partial charge < -0.3 is 10.6 Å². The molecule has 154 valence electrons. The molecule has 1 saturated heterocycles. The standard InChI is InChI=1S/C21H40N6/c1-8-22-21(23-14-20(15(2)3)27-11-9-10-12-27)24-16(4)13-19-17(5)25-26(7)18(19)6/h15-16,20H,8-14H2,1-7H3,(H2,22,23,24). The molecule has 2 rings (SSSR count). The summed E-state index contributed by atoms with van der Waals surface area (Å²) in [4.78, 5) is 7.56. The molecule has 1 aliphatic rings. The van der Waals surface area contributed by atoms with Crippen LogP contribution in [0.4, 0.5) is 0 Å². The minimum absolute atomic E-state index is 0.300. The maximum absolute atomic E-state index is 4.94. The first kappa shape index (κ1) is 21.7. The summed E-state index contributed by atoms with van der Waals surface area (Å²) in [6, 6.07) is 0.828. The molecule has 0 saturated carbocycles. The Bertz CT molecular complexity index is 612. The van der Waals surface area contributed by atoms with Crippen LogP contribution in [0.3, 0.4) is 0 Å². The number of hydrogen-bond donors (Lipinski definition) is 2. The van der Waals surface area contributed by atoms with Gasteiger partial charge >= 0.3 is 0 Å². The molecule has 0 amide bonds. The number of guanidine groups is 1. The fourth-order valence-corrected chi connectivity index (χ4v) is 4.03. The molecular weight excluding hydrogens is 336 g/mol. The van der Waals surface area contributed by atoms with Gasteiger partial charge in [-0.2, -0.15) is 5.10 Å². The third-order valence-electron chi connectivity index (χ3n) is 5.71. The lowest BCUT2D eigenvalue weighted by Gasteiger charge is -2.30. The van der Waals surface area contributed by atoms with Gasteiger partial charge in [0.05, 0.1) is 12.2 Å². The molecule has 1 aromatic rings. The van der Waals surface area contributed by atoms with Crippen molar-refractivity contribution in [2.24, 2.45) is 18.0 Å². The highest BCUT2D eigenvalue weighted by Crippen LogP contribution is 2.18. The Morgan fingerprint density at radius 3 is 2.37 bits per heavy atom. The maximum atomic E-state index is 4.94. The lowest BCUT2D eigenvalue weighted by atomic mass is 10.0. The Hall–Kier alpha value is -1.56. The van der Waals surface area contributed by atoms with Gasteiger partial charge in [0.2, 0.25) is 0 Å². The summed E-state index contributed by atoms with van der Waals surface area (Å²) in [6.45, 7) is 17.4. The number of nitrogens with one attached hydrogen (secondary N) is 2. The van der Waals surface area contributed by atoms with E-state index < -0.39 is 0 Å². The van der Waals surface area contributed by atoms with Crippen molar-refractivity contribution >= 4 is 5.96 Å². The minimum Gasteiger partial charge on any atom is -0.357 e. The van der Waals surface area contributed by atoms with E-state index in [0.717, 1.165) is 31.2 Å². The molecule has 0 bridgehead atoms. The van der Waals surface area contributed by atoms with Crippen molar-refractivity contribution in [3.63, 3.8) is 0 Å². The van der Waals surface area contributed by atoms with Gasteiger partial charge in [-0.1, -0.05) is 13.8 Å². The number of likely N-dealkylation sites (tertiary alicyclic amines) is 1. The van der Waals surface area contributed by atoms with E-state index >= 15 is 0 Å². The lowest BCUT2D eigenvalue weighted by Crippen LogP contribution is -2.45. The van der Waals surface area contributed by atoms with Crippen LogP contribution < -0.4 is 10.6 Å². The third kappa shape index (κ3) is 5.96. The van der Waals surface area contributed by atoms with E-state index in [9.17, 15) is 0 Å². The van der Waals surface area contributed by atoms with Crippen molar-refractivity contribution in [3.05, 3.63) is 17.0 Å². The number of hydrogen-bond acceptors (Lipinski definition) is 3. The zero-order valence-electron chi connectivity index (χ0n) is 18.5. The van der Waals surface area contributed by atoms with Crippen molar-refractivity contribution in [1.29, 1.82) is 0 Å². The second kappa shape index (κ2) is 10.1. The number of aliphatic imine (C=N–C) groups is 1. The fourth-order valence-electron chi connectivity index (χ4n) is 4.03. The molecule has 1 aromatic heterocycles. The van der Waals surface area contributed by atoms with Crippen LogP contribution in [-0.4, -0.2) is 58.9 Å². The molecule has 2 heterocycles. The summed E-state index contributed by atoms with van der Waals surface area (Å²) in [5, 5.41) is 11.6. The molecule has 0 aromatic carbocycles. The van der Waals surface area contributed by atoms with E-state index in [1.165, 1.54) is 37.2 Å². The van der Waals surface area contributed by atoms with Crippen LogP contribution in [0.15, 0.2) is 4.99 Å². The van der Waals surface area contributed by atoms with Crippen molar-refractivity contribution in [1.82, 2.24) is 25.3 Å². The quantitative estimate of drug-likeness (QED) is 0.541. The van der Waals surface area contributed by atoms with E-state index in [4.69, 9.17) is 4.99 Å². The highest BCUT2D eigenvalue weighted by atomic mass is 15.3. The van der Waals surface area contributed by atoms with Crippen LogP contribution in [0.2, 0.25) is 0 Å². The number of nitrogens with zero attached hydrogens (tertiary/aromatic N) is 4. The van der Waals surface area contributed by atoms with Gasteiger partial charge in [0.1, 0.15) is 0 Å². The van der Waals surface area contributed by atoms with Crippen LogP contribution in [-0.2, 0) is 13.5 Å². The van der Waals surface area contributed by atoms with E-state index in [2.05, 4.69) is 62.2 Å². The third-order valence-corrected chi connectivity index (χ3v) is 5.71. The summed E-state index contributed by atoms with van der Waals surface area (Å²) >= 11 is 0. The number of rotatable bonds is 8. The maximum Gasteiger partial charge on any atom is 0.191 e. The van der Waals surface area contributed by atoms with E-state index in [0.29, 0.717) is 18.0 Å². The molecule has 1 aliphatic heterocycles. The average molecular weight is 377 g/mol. The Morgan fingerprint density at radius 1 is 1.19 bits per heavy atom. The smallest absolute Gasteiger partial charge is 0.191 e. The van der Waals surface area contributed by atoms with Gasteiger partial charge in [0.15, 0.2) is 5.96 Å². The van der Waals surface area contributed by atoms with Crippen LogP contribution in [0, 0.1) is 19.8 Å². The molecule has 6 nitrogen and oxygen atoms in total. The fraction of sp³-hybridized carbons (Fsp3) is 0.810. The summed E-state index contributed by atoms with van der Waals surface area (Å²) in [5.74, 6) is 1.54. The van der Waals surface area contributed by atoms with Crippen LogP contribution in [0.25, 0.3) is 0 Å². The number of aryl methyl sites for hydroxylation is 2. The normalized spacial score (nSPS) is 18.1. The number of aromatic nitrogens is 2. The van der Waals surface area contributed by atoms with Gasteiger partial charge in [0.25, 0.3) is 0 Å². The highest BCUT2D eigenvalue weighted by Gasteiger charge is 2.24. The second-order valence-electron chi connectivity index (χ2n) is 8.30. The molecule has 1 fully saturated rings. The molecule has 0 radical (unpaired) electrons. The van der Waals surface area contributed by atoms with Crippen LogP contribution >= 0.6 is 0 Å². The molecule has 2 atom stereocenters. The Morgan fingerprint density at radius 2 is 1.85 bits per heavy atom. The summed E-state index contributed by atoms with van der Waals surface area (Å²) < 4.78 is 1.97. The van der Waals surface area contributed by atoms with Gasteiger partial charge in [0, 0.05) is 31.4 Å². The zero-order valence-corrected chi connectivity index (χ0v) is 18.5. The Labute approximate surface area is 165 Å². The minimum atomic E-state index is 0.300. The van der Waals surface area contributed by atoms with Gasteiger partial charge in [-0.3, -0.25) is 14.6 Å². The first-order valence-electron chi connectivity index (χ1n) is 10.6. The largest absolute Gasteiger partial charge is 0.357 e. The predicted molar refractivity (Wildman–Crippen MR) is 114 cm³/mol. The topological polar surface area (TPSA) is 57.5 Å². The first-order chi connectivity index (χ1) is 12.8. The Kier molecular flexibility index (Phi) is 8.14. The first-order valence-corrected chi connectivity index (χ1v) is 10.6. The monoisotopic (exact) mass is 376 g/mol. The molecule has 0 spiro atoms. The van der Waals surface area contributed by atoms with Crippen molar-refractivity contribution < 1.29 is 0 Å². The molecular formula is C21H40N6. The van der Waals surface area contributed by atoms with Crippen LogP contribution in [0.1, 0.15) is 57.5 Å². The lowest BCUT2D eigenvalue weighted by molar-refractivity contribution is 0.197. The van der Waals surface area contributed by atoms with Gasteiger partial charge in [-0.25, -0.2) is 0 Å². The van der Waals surface area contributed by atoms with Gasteiger partial charge in [-0.15, -0.1) is 0 Å². The van der Waals surface area contributed by atoms with E-state index in [1.807, 2.05) is 11.7 Å². The van der Waals surface area contributed by atoms with Crippen molar-refractivity contribution in [2.45, 2.75) is 72.9 Å². The molecule has 2 unspecified atom stereocenters. The molecule has 6 heteroatoms. The van der Waals surface area contributed by atoms with Crippen molar-refractivity contribution in [2.75, 3.05) is 26.2 Å². The SMILES string of the molecule is CCNC(=NCC(C(C)C)N1CCCC1)NC(C)Cc1c(C)nn(C)c1C. The zero-order chi connectivity index (χ0) is 20.0. The molecule has 27 heavy (non-hydrogen) atoms. The summed E-state index contributed by atoms with van der Waals surface area (Å²) in [7, 11) is 2.01. The predicted octanol–water partition coefficient (Wildman–Crippen LogP) is 2.64. The van der Waals surface area contributed by atoms with E-state index in [-0.39, 0.29) is 0 Å². The Balaban J connectivity index is 2.01. The van der Waals surface area contributed by atoms with Gasteiger partial charge in [-0.05, 0) is 71.5 Å². The summed E-state index contributed by atoms with van der Waals surface area (Å²) in [5.41, 5.74) is 3.71. The highest BCUT2D eigenvalue weighted by molar-refractivity contribution is 5.80. The second-order valence-corrected chi connectivity index (χ2v) is 8.30. The molecule has 0 aliphatic carbocycles. The average Bonchev–Trinajstić information content (AvgIpc) is 3.20. The molecule has 2 N–H and O–H groups in total. The summed E-state index contributed by atoms with van der Waals surface area (Å²) in [6.07, 6.45) is 3.61. The van der Waals surface area contributed by atoms with E-state index in [1.54, 1.807) is 0 Å². The van der Waals surface area contributed by atoms with Crippen LogP contribution in [0.5, 0.6) is 0 Å².